The average molecular weight is 499 g/mol. The van der Waals surface area contributed by atoms with Gasteiger partial charge in [0.15, 0.2) is 11.5 Å². The summed E-state index contributed by atoms with van der Waals surface area (Å²) in [6.07, 6.45) is 0. The van der Waals surface area contributed by atoms with Gasteiger partial charge in [0.05, 0.1) is 19.0 Å². The van der Waals surface area contributed by atoms with Gasteiger partial charge >= 0.3 is 0 Å². The van der Waals surface area contributed by atoms with E-state index in [-0.39, 0.29) is 17.2 Å². The quantitative estimate of drug-likeness (QED) is 0.218. The Morgan fingerprint density at radius 3 is 2.50 bits per heavy atom. The van der Waals surface area contributed by atoms with Crippen molar-refractivity contribution in [2.24, 2.45) is 0 Å². The first-order valence-corrected chi connectivity index (χ1v) is 12.2. The fourth-order valence-electron chi connectivity index (χ4n) is 3.87. The number of fused-ring (bicyclic) bond motifs is 1. The summed E-state index contributed by atoms with van der Waals surface area (Å²) in [6.45, 7) is 1.84. The van der Waals surface area contributed by atoms with E-state index in [0.29, 0.717) is 45.3 Å². The van der Waals surface area contributed by atoms with Gasteiger partial charge in [0.1, 0.15) is 5.75 Å². The number of carbonyl (C=O) groups excluding carboxylic acids is 1. The highest BCUT2D eigenvalue weighted by molar-refractivity contribution is 7.98. The summed E-state index contributed by atoms with van der Waals surface area (Å²) >= 11 is 1.33. The van der Waals surface area contributed by atoms with Crippen molar-refractivity contribution in [2.45, 2.75) is 24.4 Å². The van der Waals surface area contributed by atoms with Gasteiger partial charge in [-0.2, -0.15) is 5.10 Å². The maximum atomic E-state index is 13.1. The van der Waals surface area contributed by atoms with Gasteiger partial charge in [-0.1, -0.05) is 60.3 Å². The van der Waals surface area contributed by atoms with Gasteiger partial charge in [0, 0.05) is 22.3 Å². The van der Waals surface area contributed by atoms with Crippen LogP contribution < -0.4 is 10.3 Å². The lowest BCUT2D eigenvalue weighted by molar-refractivity contribution is 0.101. The number of ether oxygens (including phenoxy) is 1. The molecule has 0 N–H and O–H groups in total. The van der Waals surface area contributed by atoms with Gasteiger partial charge in [-0.05, 0) is 36.8 Å². The second kappa shape index (κ2) is 10.2. The summed E-state index contributed by atoms with van der Waals surface area (Å²) in [6, 6.07) is 22.2. The minimum Gasteiger partial charge on any atom is -0.496 e. The third-order valence-electron chi connectivity index (χ3n) is 5.69. The van der Waals surface area contributed by atoms with Crippen molar-refractivity contribution in [3.63, 3.8) is 0 Å². The molecule has 9 heteroatoms. The van der Waals surface area contributed by atoms with Crippen LogP contribution in [0.25, 0.3) is 22.4 Å². The highest BCUT2D eigenvalue weighted by atomic mass is 32.2. The molecule has 3 aromatic carbocycles. The first-order chi connectivity index (χ1) is 17.5. The molecule has 0 atom stereocenters. The zero-order valence-corrected chi connectivity index (χ0v) is 20.5. The topological polar surface area (TPSA) is 100 Å². The summed E-state index contributed by atoms with van der Waals surface area (Å²) in [5, 5.41) is 14.5. The second-order valence-electron chi connectivity index (χ2n) is 8.09. The van der Waals surface area contributed by atoms with Crippen LogP contribution in [0.15, 0.2) is 87.2 Å². The fourth-order valence-corrected chi connectivity index (χ4v) is 4.61. The molecule has 0 aliphatic rings. The summed E-state index contributed by atoms with van der Waals surface area (Å²) < 4.78 is 12.8. The lowest BCUT2D eigenvalue weighted by Crippen LogP contribution is -2.24. The molecule has 36 heavy (non-hydrogen) atoms. The van der Waals surface area contributed by atoms with Crippen molar-refractivity contribution in [2.75, 3.05) is 7.11 Å². The Morgan fingerprint density at radius 2 is 1.75 bits per heavy atom. The van der Waals surface area contributed by atoms with E-state index in [4.69, 9.17) is 9.15 Å². The summed E-state index contributed by atoms with van der Waals surface area (Å²) in [4.78, 5) is 24.9. The number of hydrogen-bond acceptors (Lipinski definition) is 8. The molecule has 0 aliphatic heterocycles. The number of nitrogens with zero attached hydrogens (tertiary/aromatic N) is 4. The molecule has 0 aliphatic carbocycles. The molecule has 0 unspecified atom stereocenters. The van der Waals surface area contributed by atoms with Gasteiger partial charge < -0.3 is 9.15 Å². The third kappa shape index (κ3) is 4.78. The van der Waals surface area contributed by atoms with Crippen LogP contribution in [0.5, 0.6) is 5.75 Å². The van der Waals surface area contributed by atoms with Gasteiger partial charge in [0.2, 0.25) is 0 Å². The standard InChI is InChI=1S/C27H22N4O4S/c1-17(32)19-12-13-23(34-2)20(14-19)16-36-27-29-28-25(35-27)24-21-10-6-7-11-22(21)26(33)31(30-24)15-18-8-4-3-5-9-18/h3-14H,15-16H2,1-2H3. The van der Waals surface area contributed by atoms with Crippen LogP contribution in [0, 0.1) is 0 Å². The summed E-state index contributed by atoms with van der Waals surface area (Å²) in [7, 11) is 1.59. The molecule has 5 rings (SSSR count). The highest BCUT2D eigenvalue weighted by Gasteiger charge is 2.18. The Morgan fingerprint density at radius 1 is 1.00 bits per heavy atom. The van der Waals surface area contributed by atoms with Crippen molar-refractivity contribution in [1.82, 2.24) is 20.0 Å². The van der Waals surface area contributed by atoms with E-state index < -0.39 is 0 Å². The molecule has 0 bridgehead atoms. The SMILES string of the molecule is COc1ccc(C(C)=O)cc1CSc1nnc(-c2nn(Cc3ccccc3)c(=O)c3ccccc23)o1. The molecule has 0 saturated heterocycles. The number of carbonyl (C=O) groups is 1. The lowest BCUT2D eigenvalue weighted by atomic mass is 10.1. The van der Waals surface area contributed by atoms with E-state index in [1.54, 1.807) is 31.4 Å². The third-order valence-corrected chi connectivity index (χ3v) is 6.56. The molecule has 2 heterocycles. The molecule has 0 spiro atoms. The van der Waals surface area contributed by atoms with Crippen LogP contribution in [0.2, 0.25) is 0 Å². The van der Waals surface area contributed by atoms with Gasteiger partial charge in [0.25, 0.3) is 16.7 Å². The largest absolute Gasteiger partial charge is 0.496 e. The van der Waals surface area contributed by atoms with Gasteiger partial charge in [-0.3, -0.25) is 9.59 Å². The van der Waals surface area contributed by atoms with Crippen molar-refractivity contribution < 1.29 is 13.9 Å². The molecular weight excluding hydrogens is 476 g/mol. The zero-order chi connectivity index (χ0) is 25.1. The van der Waals surface area contributed by atoms with E-state index in [2.05, 4.69) is 15.3 Å². The highest BCUT2D eigenvalue weighted by Crippen LogP contribution is 2.31. The Balaban J connectivity index is 1.47. The Bertz CT molecular complexity index is 1610. The van der Waals surface area contributed by atoms with Gasteiger partial charge in [-0.15, -0.1) is 10.2 Å². The number of ketones is 1. The maximum Gasteiger partial charge on any atom is 0.277 e. The second-order valence-corrected chi connectivity index (χ2v) is 9.01. The van der Waals surface area contributed by atoms with Crippen LogP contribution >= 0.6 is 11.8 Å². The Hall–Kier alpha value is -4.24. The van der Waals surface area contributed by atoms with Crippen molar-refractivity contribution in [1.29, 1.82) is 0 Å². The first-order valence-electron chi connectivity index (χ1n) is 11.2. The number of hydrogen-bond donors (Lipinski definition) is 0. The average Bonchev–Trinajstić information content (AvgIpc) is 3.38. The first kappa shape index (κ1) is 23.5. The van der Waals surface area contributed by atoms with Gasteiger partial charge in [-0.25, -0.2) is 4.68 Å². The molecular formula is C27H22N4O4S. The van der Waals surface area contributed by atoms with E-state index in [1.165, 1.54) is 23.4 Å². The maximum absolute atomic E-state index is 13.1. The number of aromatic nitrogens is 4. The normalized spacial score (nSPS) is 11.1. The van der Waals surface area contributed by atoms with Crippen LogP contribution in [-0.2, 0) is 12.3 Å². The summed E-state index contributed by atoms with van der Waals surface area (Å²) in [5.74, 6) is 1.34. The minimum absolute atomic E-state index is 0.0208. The predicted octanol–water partition coefficient (Wildman–Crippen LogP) is 5.00. The molecule has 0 amide bonds. The monoisotopic (exact) mass is 498 g/mol. The van der Waals surface area contributed by atoms with Crippen LogP contribution in [0.1, 0.15) is 28.4 Å². The van der Waals surface area contributed by atoms with E-state index in [9.17, 15) is 9.59 Å². The number of thioether (sulfide) groups is 1. The van der Waals surface area contributed by atoms with Crippen LogP contribution in [0.4, 0.5) is 0 Å². The number of methoxy groups -OCH3 is 1. The molecule has 2 aromatic heterocycles. The van der Waals surface area contributed by atoms with Crippen molar-refractivity contribution in [3.8, 4) is 17.3 Å². The van der Waals surface area contributed by atoms with Crippen LogP contribution in [-0.4, -0.2) is 32.9 Å². The molecule has 5 aromatic rings. The van der Waals surface area contributed by atoms with Crippen molar-refractivity contribution in [3.05, 3.63) is 99.8 Å². The van der Waals surface area contributed by atoms with Crippen LogP contribution in [0.3, 0.4) is 0 Å². The molecule has 0 radical (unpaired) electrons. The zero-order valence-electron chi connectivity index (χ0n) is 19.7. The number of benzene rings is 3. The molecule has 180 valence electrons. The van der Waals surface area contributed by atoms with E-state index in [0.717, 1.165) is 11.1 Å². The fraction of sp³-hybridized carbons (Fsp3) is 0.148. The van der Waals surface area contributed by atoms with E-state index in [1.807, 2.05) is 48.5 Å². The number of Topliss-reactive ketones (excluding diaryl/α,β-unsaturated/α-hetero) is 1. The van der Waals surface area contributed by atoms with E-state index >= 15 is 0 Å². The Labute approximate surface area is 210 Å². The minimum atomic E-state index is -0.190. The molecule has 0 fully saturated rings. The molecule has 0 saturated carbocycles. The smallest absolute Gasteiger partial charge is 0.277 e. The van der Waals surface area contributed by atoms with Crippen molar-refractivity contribution >= 4 is 28.3 Å². The lowest BCUT2D eigenvalue weighted by Gasteiger charge is -2.09. The molecule has 8 nitrogen and oxygen atoms in total. The summed E-state index contributed by atoms with van der Waals surface area (Å²) in [5.41, 5.74) is 2.65. The number of rotatable bonds is 8. The predicted molar refractivity (Wildman–Crippen MR) is 137 cm³/mol. The Kier molecular flexibility index (Phi) is 6.64.